The number of hydrogen-bond donors (Lipinski definition) is 1. The van der Waals surface area contributed by atoms with Crippen LogP contribution in [0.1, 0.15) is 34.6 Å². The molecule has 0 radical (unpaired) electrons. The topological polar surface area (TPSA) is 87.5 Å². The summed E-state index contributed by atoms with van der Waals surface area (Å²) in [5, 5.41) is 12.6. The van der Waals surface area contributed by atoms with Crippen LogP contribution in [0, 0.1) is 0 Å². The zero-order chi connectivity index (χ0) is 23.0. The van der Waals surface area contributed by atoms with Gasteiger partial charge in [0.1, 0.15) is 11.5 Å². The van der Waals surface area contributed by atoms with Crippen LogP contribution in [0.15, 0.2) is 53.7 Å². The van der Waals surface area contributed by atoms with Crippen molar-refractivity contribution in [1.29, 1.82) is 0 Å². The first-order chi connectivity index (χ1) is 16.2. The lowest BCUT2D eigenvalue weighted by molar-refractivity contribution is 0.0946. The molecule has 2 aromatic carbocycles. The van der Waals surface area contributed by atoms with E-state index in [-0.39, 0.29) is 18.6 Å². The van der Waals surface area contributed by atoms with Crippen LogP contribution in [0.3, 0.4) is 0 Å². The van der Waals surface area contributed by atoms with Gasteiger partial charge in [-0.25, -0.2) is 0 Å². The van der Waals surface area contributed by atoms with Gasteiger partial charge in [-0.1, -0.05) is 42.1 Å². The van der Waals surface area contributed by atoms with E-state index in [1.165, 1.54) is 7.11 Å². The molecule has 3 aromatic rings. The predicted octanol–water partition coefficient (Wildman–Crippen LogP) is 3.54. The highest BCUT2D eigenvalue weighted by atomic mass is 32.2. The molecule has 1 saturated heterocycles. The predicted molar refractivity (Wildman–Crippen MR) is 126 cm³/mol. The van der Waals surface area contributed by atoms with Gasteiger partial charge in [-0.15, -0.1) is 10.2 Å². The second kappa shape index (κ2) is 11.2. The molecule has 174 valence electrons. The van der Waals surface area contributed by atoms with Crippen molar-refractivity contribution in [3.63, 3.8) is 0 Å². The maximum atomic E-state index is 12.9. The third-order valence-electron chi connectivity index (χ3n) is 5.46. The van der Waals surface area contributed by atoms with Crippen LogP contribution in [-0.4, -0.2) is 53.4 Å². The summed E-state index contributed by atoms with van der Waals surface area (Å²) in [6, 6.07) is 15.3. The molecule has 1 aliphatic heterocycles. The van der Waals surface area contributed by atoms with Gasteiger partial charge in [-0.2, -0.15) is 0 Å². The first-order valence-electron chi connectivity index (χ1n) is 10.9. The highest BCUT2D eigenvalue weighted by Crippen LogP contribution is 2.25. The molecule has 0 spiro atoms. The number of ether oxygens (including phenoxy) is 3. The Morgan fingerprint density at radius 1 is 1.18 bits per heavy atom. The fourth-order valence-electron chi connectivity index (χ4n) is 3.67. The largest absolute Gasteiger partial charge is 0.497 e. The molecular weight excluding hydrogens is 440 g/mol. The Morgan fingerprint density at radius 3 is 2.76 bits per heavy atom. The minimum Gasteiger partial charge on any atom is -0.497 e. The van der Waals surface area contributed by atoms with Gasteiger partial charge in [0, 0.05) is 12.4 Å². The number of nitrogens with one attached hydrogen (secondary N) is 1. The third kappa shape index (κ3) is 5.85. The lowest BCUT2D eigenvalue weighted by Crippen LogP contribution is -2.25. The van der Waals surface area contributed by atoms with E-state index in [1.54, 1.807) is 37.1 Å². The normalized spacial score (nSPS) is 15.4. The summed E-state index contributed by atoms with van der Waals surface area (Å²) in [5.41, 5.74) is 1.54. The summed E-state index contributed by atoms with van der Waals surface area (Å²) < 4.78 is 18.4. The second-order valence-electron chi connectivity index (χ2n) is 7.67. The molecule has 0 saturated carbocycles. The fourth-order valence-corrected chi connectivity index (χ4v) is 4.69. The lowest BCUT2D eigenvalue weighted by Gasteiger charge is -2.13. The summed E-state index contributed by atoms with van der Waals surface area (Å²) >= 11 is 1.64. The Labute approximate surface area is 197 Å². The van der Waals surface area contributed by atoms with Crippen molar-refractivity contribution in [3.8, 4) is 11.5 Å². The molecule has 1 N–H and O–H groups in total. The summed E-state index contributed by atoms with van der Waals surface area (Å²) in [7, 11) is 3.10. The van der Waals surface area contributed by atoms with Gasteiger partial charge in [-0.05, 0) is 36.6 Å². The molecule has 4 rings (SSSR count). The van der Waals surface area contributed by atoms with E-state index in [0.717, 1.165) is 35.9 Å². The molecule has 33 heavy (non-hydrogen) atoms. The van der Waals surface area contributed by atoms with Gasteiger partial charge in [0.2, 0.25) is 0 Å². The maximum absolute atomic E-state index is 12.9. The monoisotopic (exact) mass is 468 g/mol. The average molecular weight is 469 g/mol. The third-order valence-corrected chi connectivity index (χ3v) is 6.56. The fraction of sp³-hybridized carbons (Fsp3) is 0.375. The van der Waals surface area contributed by atoms with E-state index in [4.69, 9.17) is 14.2 Å². The molecule has 9 heteroatoms. The number of amides is 1. The van der Waals surface area contributed by atoms with Crippen molar-refractivity contribution in [1.82, 2.24) is 20.1 Å². The van der Waals surface area contributed by atoms with Crippen LogP contribution >= 0.6 is 11.8 Å². The first kappa shape index (κ1) is 23.1. The van der Waals surface area contributed by atoms with Crippen LogP contribution in [0.25, 0.3) is 0 Å². The van der Waals surface area contributed by atoms with E-state index in [0.29, 0.717) is 29.4 Å². The molecule has 1 aromatic heterocycles. The zero-order valence-electron chi connectivity index (χ0n) is 18.8. The Morgan fingerprint density at radius 2 is 2.03 bits per heavy atom. The second-order valence-corrected chi connectivity index (χ2v) is 8.65. The first-order valence-corrected chi connectivity index (χ1v) is 11.9. The van der Waals surface area contributed by atoms with Crippen LogP contribution in [0.4, 0.5) is 0 Å². The zero-order valence-corrected chi connectivity index (χ0v) is 19.6. The van der Waals surface area contributed by atoms with Gasteiger partial charge in [0.25, 0.3) is 5.91 Å². The molecule has 0 unspecified atom stereocenters. The molecule has 1 amide bonds. The van der Waals surface area contributed by atoms with Crippen molar-refractivity contribution in [3.05, 3.63) is 65.5 Å². The van der Waals surface area contributed by atoms with Crippen LogP contribution in [0.5, 0.6) is 11.5 Å². The van der Waals surface area contributed by atoms with Crippen molar-refractivity contribution in [2.75, 3.05) is 26.6 Å². The standard InChI is InChI=1S/C24H28N4O4S/c1-30-18-10-11-21(31-2)20(13-18)23(29)25-14-22-26-27-24(33-16-19-9-6-12-32-19)28(22)15-17-7-4-3-5-8-17/h3-5,7-8,10-11,13,19H,6,9,12,14-16H2,1-2H3,(H,25,29)/t19-/m0/s1. The van der Waals surface area contributed by atoms with E-state index in [2.05, 4.69) is 32.2 Å². The number of rotatable bonds is 10. The SMILES string of the molecule is COc1ccc(OC)c(C(=O)NCc2nnc(SC[C@@H]3CCCO3)n2Cc2ccccc2)c1. The van der Waals surface area contributed by atoms with E-state index >= 15 is 0 Å². The number of benzene rings is 2. The summed E-state index contributed by atoms with van der Waals surface area (Å²) in [4.78, 5) is 12.9. The van der Waals surface area contributed by atoms with Gasteiger partial charge in [0.15, 0.2) is 11.0 Å². The summed E-state index contributed by atoms with van der Waals surface area (Å²) in [6.45, 7) is 1.68. The Hall–Kier alpha value is -3.04. The van der Waals surface area contributed by atoms with Gasteiger partial charge in [0.05, 0.1) is 39.0 Å². The number of nitrogens with zero attached hydrogens (tertiary/aromatic N) is 3. The van der Waals surface area contributed by atoms with Crippen LogP contribution in [0.2, 0.25) is 0 Å². The van der Waals surface area contributed by atoms with Gasteiger partial charge >= 0.3 is 0 Å². The maximum Gasteiger partial charge on any atom is 0.255 e. The number of hydrogen-bond acceptors (Lipinski definition) is 7. The van der Waals surface area contributed by atoms with E-state index < -0.39 is 0 Å². The Kier molecular flexibility index (Phi) is 7.85. The van der Waals surface area contributed by atoms with Crippen molar-refractivity contribution in [2.45, 2.75) is 37.2 Å². The van der Waals surface area contributed by atoms with Crippen molar-refractivity contribution in [2.24, 2.45) is 0 Å². The molecule has 0 bridgehead atoms. The number of carbonyl (C=O) groups excluding carboxylic acids is 1. The smallest absolute Gasteiger partial charge is 0.255 e. The molecule has 1 fully saturated rings. The summed E-state index contributed by atoms with van der Waals surface area (Å²) in [6.07, 6.45) is 2.43. The van der Waals surface area contributed by atoms with Crippen molar-refractivity contribution < 1.29 is 19.0 Å². The molecule has 2 heterocycles. The van der Waals surface area contributed by atoms with Gasteiger partial charge < -0.3 is 24.1 Å². The molecule has 1 atom stereocenters. The van der Waals surface area contributed by atoms with Gasteiger partial charge in [-0.3, -0.25) is 4.79 Å². The summed E-state index contributed by atoms with van der Waals surface area (Å²) in [5.74, 6) is 2.31. The minimum atomic E-state index is -0.270. The highest BCUT2D eigenvalue weighted by molar-refractivity contribution is 7.99. The van der Waals surface area contributed by atoms with Crippen molar-refractivity contribution >= 4 is 17.7 Å². The average Bonchev–Trinajstić information content (AvgIpc) is 3.51. The Balaban J connectivity index is 1.51. The van der Waals surface area contributed by atoms with Crippen LogP contribution < -0.4 is 14.8 Å². The molecular formula is C24H28N4O4S. The minimum absolute atomic E-state index is 0.236. The van der Waals surface area contributed by atoms with E-state index in [1.807, 2.05) is 18.2 Å². The molecule has 0 aliphatic carbocycles. The molecule has 1 aliphatic rings. The lowest BCUT2D eigenvalue weighted by atomic mass is 10.1. The Bertz CT molecular complexity index is 1070. The number of methoxy groups -OCH3 is 2. The number of carbonyl (C=O) groups is 1. The quantitative estimate of drug-likeness (QED) is 0.455. The number of aromatic nitrogens is 3. The van der Waals surface area contributed by atoms with Crippen LogP contribution in [-0.2, 0) is 17.8 Å². The molecule has 8 nitrogen and oxygen atoms in total. The highest BCUT2D eigenvalue weighted by Gasteiger charge is 2.20. The number of thioether (sulfide) groups is 1. The van der Waals surface area contributed by atoms with E-state index in [9.17, 15) is 4.79 Å².